The molecule has 0 bridgehead atoms. The van der Waals surface area contributed by atoms with Crippen LogP contribution < -0.4 is 18.6 Å². The summed E-state index contributed by atoms with van der Waals surface area (Å²) in [5, 5.41) is 3.56. The van der Waals surface area contributed by atoms with Gasteiger partial charge in [0.25, 0.3) is 0 Å². The first kappa shape index (κ1) is 32.6. The first-order valence-electron chi connectivity index (χ1n) is 9.25. The number of halogens is 1. The van der Waals surface area contributed by atoms with Crippen molar-refractivity contribution in [3.8, 4) is 0 Å². The molecule has 0 atom stereocenters. The van der Waals surface area contributed by atoms with Crippen LogP contribution >= 0.6 is 47.8 Å². The average molecular weight is 627 g/mol. The Labute approximate surface area is 238 Å². The summed E-state index contributed by atoms with van der Waals surface area (Å²) >= 11 is 5.41. The van der Waals surface area contributed by atoms with Crippen LogP contribution in [0.1, 0.15) is 0 Å². The number of aromatic nitrogens is 4. The minimum atomic E-state index is -4.94. The van der Waals surface area contributed by atoms with Gasteiger partial charge in [-0.1, -0.05) is 24.3 Å². The fraction of sp³-hybridized carbons (Fsp3) is 0. The second kappa shape index (κ2) is 19.6. The van der Waals surface area contributed by atoms with E-state index in [0.717, 1.165) is 20.1 Å². The zero-order valence-electron chi connectivity index (χ0n) is 17.9. The fourth-order valence-corrected chi connectivity index (χ4v) is 4.30. The van der Waals surface area contributed by atoms with E-state index in [0.29, 0.717) is 0 Å². The molecular formula is C20H16ClCoN6O4S4. The molecule has 0 aliphatic rings. The Balaban J connectivity index is 0.000000298. The first-order chi connectivity index (χ1) is 16.9. The van der Waals surface area contributed by atoms with Crippen molar-refractivity contribution in [1.82, 2.24) is 19.9 Å². The van der Waals surface area contributed by atoms with Crippen LogP contribution in [0.2, 0.25) is 0 Å². The van der Waals surface area contributed by atoms with Crippen molar-refractivity contribution in [3.63, 3.8) is 0 Å². The summed E-state index contributed by atoms with van der Waals surface area (Å²) in [5.41, 5.74) is 0. The molecule has 0 aliphatic heterocycles. The molecule has 190 valence electrons. The smallest absolute Gasteiger partial charge is 0.539 e. The normalized spacial score (nSPS) is 10.1. The fourth-order valence-electron chi connectivity index (χ4n) is 1.79. The summed E-state index contributed by atoms with van der Waals surface area (Å²) in [6, 6.07) is 23.0. The van der Waals surface area contributed by atoms with Crippen molar-refractivity contribution in [2.24, 2.45) is 0 Å². The van der Waals surface area contributed by atoms with E-state index in [1.54, 1.807) is 24.8 Å². The summed E-state index contributed by atoms with van der Waals surface area (Å²) in [7, 11) is -4.94. The van der Waals surface area contributed by atoms with Crippen LogP contribution in [0.15, 0.2) is 118 Å². The molecule has 0 N–H and O–H groups in total. The third kappa shape index (κ3) is 17.9. The number of nitrogens with zero attached hydrogens (tertiary/aromatic N) is 6. The molecule has 4 rings (SSSR count). The molecule has 4 heterocycles. The summed E-state index contributed by atoms with van der Waals surface area (Å²) in [4.78, 5) is 16.6. The van der Waals surface area contributed by atoms with Crippen LogP contribution in [0.5, 0.6) is 0 Å². The van der Waals surface area contributed by atoms with Crippen molar-refractivity contribution in [2.45, 2.75) is 20.1 Å². The third-order valence-corrected chi connectivity index (χ3v) is 5.98. The molecule has 10 nitrogen and oxygen atoms in total. The quantitative estimate of drug-likeness (QED) is 0.262. The van der Waals surface area contributed by atoms with Gasteiger partial charge in [-0.15, -0.1) is 10.2 Å². The van der Waals surface area contributed by atoms with Gasteiger partial charge in [0.1, 0.15) is 0 Å². The number of hydrogen-bond acceptors (Lipinski definition) is 12. The van der Waals surface area contributed by atoms with Gasteiger partial charge in [0.2, 0.25) is 0 Å². The predicted octanol–water partition coefficient (Wildman–Crippen LogP) is 2.37. The minimum absolute atomic E-state index is 0. The largest absolute Gasteiger partial charge is 3.00 e. The van der Waals surface area contributed by atoms with Crippen LogP contribution in [-0.4, -0.2) is 19.9 Å². The maximum absolute atomic E-state index is 8.49. The Hall–Kier alpha value is -1.44. The third-order valence-electron chi connectivity index (χ3n) is 3.07. The Bertz CT molecular complexity index is 899. The number of pyridine rings is 4. The molecule has 0 fully saturated rings. The van der Waals surface area contributed by atoms with E-state index in [-0.39, 0.29) is 16.8 Å². The van der Waals surface area contributed by atoms with Crippen LogP contribution in [-0.2, 0) is 16.8 Å². The van der Waals surface area contributed by atoms with E-state index in [9.17, 15) is 0 Å². The van der Waals surface area contributed by atoms with E-state index in [1.807, 2.05) is 72.8 Å². The van der Waals surface area contributed by atoms with Crippen LogP contribution in [0.25, 0.3) is 8.25 Å². The molecule has 0 amide bonds. The molecular weight excluding hydrogens is 611 g/mol. The van der Waals surface area contributed by atoms with Gasteiger partial charge in [0.15, 0.2) is 0 Å². The Morgan fingerprint density at radius 2 is 0.694 bits per heavy atom. The summed E-state index contributed by atoms with van der Waals surface area (Å²) in [6.07, 6.45) is 7.01. The standard InChI is InChI=1S/2C10H8N3S2.ClHO4.Co/c2*1-3-7-11-9(5-1)14-13-15-10-6-2-4-8-12-10;2-1(3,4)5;/h2*1-8H;(H,2,3,4,5);/q2*-1;;+3/p-1. The van der Waals surface area contributed by atoms with Crippen molar-refractivity contribution < 1.29 is 45.7 Å². The molecule has 36 heavy (non-hydrogen) atoms. The SMILES string of the molecule is [Co+3].[O-][Cl+3]([O-])([O-])[O-].c1ccc(S[N-]Sc2ccccn2)nc1.c1ccc(S[N-]Sc2ccccn2)nc1. The predicted molar refractivity (Wildman–Crippen MR) is 127 cm³/mol. The monoisotopic (exact) mass is 626 g/mol. The molecule has 0 radical (unpaired) electrons. The van der Waals surface area contributed by atoms with Crippen molar-refractivity contribution in [1.29, 1.82) is 0 Å². The molecule has 0 aromatic carbocycles. The van der Waals surface area contributed by atoms with Gasteiger partial charge in [-0.2, -0.15) is 0 Å². The first-order valence-corrected chi connectivity index (χ1v) is 13.6. The molecule has 0 unspecified atom stereocenters. The van der Waals surface area contributed by atoms with Gasteiger partial charge in [0.05, 0.1) is 20.1 Å². The zero-order chi connectivity index (χ0) is 25.2. The van der Waals surface area contributed by atoms with Crippen molar-refractivity contribution in [2.75, 3.05) is 0 Å². The summed E-state index contributed by atoms with van der Waals surface area (Å²) in [6.45, 7) is 0. The van der Waals surface area contributed by atoms with E-state index >= 15 is 0 Å². The van der Waals surface area contributed by atoms with Gasteiger partial charge in [0, 0.05) is 24.8 Å². The topological polar surface area (TPSA) is 172 Å². The van der Waals surface area contributed by atoms with Crippen LogP contribution in [0.3, 0.4) is 0 Å². The van der Waals surface area contributed by atoms with Crippen LogP contribution in [0.4, 0.5) is 0 Å². The van der Waals surface area contributed by atoms with Crippen molar-refractivity contribution >= 4 is 47.8 Å². The van der Waals surface area contributed by atoms with E-state index in [1.165, 1.54) is 47.8 Å². The molecule has 0 spiro atoms. The van der Waals surface area contributed by atoms with Gasteiger partial charge in [-0.25, -0.2) is 66.4 Å². The molecule has 0 saturated heterocycles. The van der Waals surface area contributed by atoms with Gasteiger partial charge >= 0.3 is 16.8 Å². The Morgan fingerprint density at radius 3 is 0.861 bits per heavy atom. The van der Waals surface area contributed by atoms with E-state index < -0.39 is 10.2 Å². The summed E-state index contributed by atoms with van der Waals surface area (Å²) < 4.78 is 42.4. The molecule has 4 aromatic heterocycles. The van der Waals surface area contributed by atoms with E-state index in [2.05, 4.69) is 28.2 Å². The summed E-state index contributed by atoms with van der Waals surface area (Å²) in [5.74, 6) is 0. The van der Waals surface area contributed by atoms with Gasteiger partial charge in [-0.3, -0.25) is 19.9 Å². The second-order valence-electron chi connectivity index (χ2n) is 5.56. The minimum Gasteiger partial charge on any atom is -0.539 e. The second-order valence-corrected chi connectivity index (χ2v) is 9.92. The van der Waals surface area contributed by atoms with Gasteiger partial charge < -0.3 is 8.25 Å². The number of hydrogen-bond donors (Lipinski definition) is 0. The molecule has 16 heteroatoms. The number of rotatable bonds is 8. The van der Waals surface area contributed by atoms with Crippen molar-refractivity contribution in [3.05, 3.63) is 106 Å². The molecule has 0 saturated carbocycles. The zero-order valence-corrected chi connectivity index (χ0v) is 23.0. The maximum Gasteiger partial charge on any atom is 3.00 e. The Morgan fingerprint density at radius 1 is 0.472 bits per heavy atom. The average Bonchev–Trinajstić information content (AvgIpc) is 2.86. The van der Waals surface area contributed by atoms with Gasteiger partial charge in [-0.05, 0) is 48.5 Å². The molecule has 4 aromatic rings. The Kier molecular flexibility index (Phi) is 17.8. The molecule has 0 aliphatic carbocycles. The van der Waals surface area contributed by atoms with Crippen LogP contribution in [0, 0.1) is 10.2 Å². The maximum atomic E-state index is 8.49. The van der Waals surface area contributed by atoms with E-state index in [4.69, 9.17) is 18.6 Å².